The highest BCUT2D eigenvalue weighted by atomic mass is 19.1. The van der Waals surface area contributed by atoms with E-state index < -0.39 is 35.0 Å². The van der Waals surface area contributed by atoms with Crippen molar-refractivity contribution in [3.63, 3.8) is 0 Å². The summed E-state index contributed by atoms with van der Waals surface area (Å²) in [7, 11) is 0. The van der Waals surface area contributed by atoms with Gasteiger partial charge in [-0.1, -0.05) is 18.2 Å². The second-order valence-corrected chi connectivity index (χ2v) is 7.89. The van der Waals surface area contributed by atoms with Gasteiger partial charge in [-0.05, 0) is 25.3 Å². The van der Waals surface area contributed by atoms with Crippen molar-refractivity contribution in [3.05, 3.63) is 63.3 Å². The number of carbonyl (C=O) groups is 2. The molecule has 2 fully saturated rings. The molecule has 156 valence electrons. The van der Waals surface area contributed by atoms with Crippen LogP contribution in [-0.2, 0) is 17.8 Å². The number of aromatic hydroxyl groups is 1. The number of nitrogens with one attached hydrogen (secondary N) is 1. The van der Waals surface area contributed by atoms with E-state index in [4.69, 9.17) is 4.74 Å². The molecule has 0 radical (unpaired) electrons. The summed E-state index contributed by atoms with van der Waals surface area (Å²) in [6.07, 6.45) is 3.32. The molecule has 1 aromatic carbocycles. The van der Waals surface area contributed by atoms with E-state index in [1.165, 1.54) is 29.0 Å². The number of fused-ring (bicyclic) bond motifs is 5. The lowest BCUT2D eigenvalue weighted by Gasteiger charge is -2.44. The number of halogens is 1. The molecule has 5 rings (SSSR count). The zero-order valence-corrected chi connectivity index (χ0v) is 16.0. The van der Waals surface area contributed by atoms with Gasteiger partial charge in [-0.25, -0.2) is 4.39 Å². The normalized spacial score (nSPS) is 24.4. The maximum Gasteiger partial charge on any atom is 0.276 e. The molecule has 0 spiro atoms. The second-order valence-electron chi connectivity index (χ2n) is 7.89. The number of hydrogen-bond acceptors (Lipinski definition) is 5. The number of hydrogen-bond donors (Lipinski definition) is 2. The minimum absolute atomic E-state index is 0.0354. The van der Waals surface area contributed by atoms with E-state index in [0.29, 0.717) is 0 Å². The van der Waals surface area contributed by atoms with E-state index in [1.807, 2.05) is 0 Å². The Kier molecular flexibility index (Phi) is 4.35. The van der Waals surface area contributed by atoms with Gasteiger partial charge >= 0.3 is 0 Å². The molecule has 2 aromatic rings. The lowest BCUT2D eigenvalue weighted by atomic mass is 10.1. The molecular weight excluding hydrogens is 393 g/mol. The summed E-state index contributed by atoms with van der Waals surface area (Å²) in [5.74, 6) is -2.45. The van der Waals surface area contributed by atoms with Gasteiger partial charge in [0, 0.05) is 24.3 Å². The van der Waals surface area contributed by atoms with Gasteiger partial charge in [0.15, 0.2) is 17.7 Å². The van der Waals surface area contributed by atoms with Crippen molar-refractivity contribution >= 4 is 11.8 Å². The standard InChI is InChI=1S/C21H20FN3O5/c22-15-4-2-1-3-11(15)8-23-20(28)14-9-24-10-16-25(12-5-6-13(7-12)30-16)21(29)17(24)19(27)18(14)26/h1-4,9,12-13,16,27H,5-8,10H2,(H,23,28)/t12?,13-,16-/m0/s1. The highest BCUT2D eigenvalue weighted by Gasteiger charge is 2.47. The number of rotatable bonds is 3. The van der Waals surface area contributed by atoms with Gasteiger partial charge in [-0.2, -0.15) is 0 Å². The molecule has 1 saturated carbocycles. The third kappa shape index (κ3) is 2.88. The number of ether oxygens (including phenoxy) is 1. The van der Waals surface area contributed by atoms with Crippen LogP contribution >= 0.6 is 0 Å². The summed E-state index contributed by atoms with van der Waals surface area (Å²) >= 11 is 0. The van der Waals surface area contributed by atoms with Crippen molar-refractivity contribution in [2.75, 3.05) is 0 Å². The number of amides is 2. The predicted octanol–water partition coefficient (Wildman–Crippen LogP) is 1.36. The molecule has 1 saturated heterocycles. The minimum atomic E-state index is -0.929. The van der Waals surface area contributed by atoms with E-state index in [0.717, 1.165) is 19.3 Å². The molecule has 3 aliphatic rings. The summed E-state index contributed by atoms with van der Waals surface area (Å²) in [6, 6.07) is 6.01. The molecule has 3 atom stereocenters. The molecule has 30 heavy (non-hydrogen) atoms. The molecule has 1 aliphatic carbocycles. The molecule has 2 aliphatic heterocycles. The number of carbonyl (C=O) groups excluding carboxylic acids is 2. The van der Waals surface area contributed by atoms with E-state index in [2.05, 4.69) is 5.32 Å². The highest BCUT2D eigenvalue weighted by molar-refractivity contribution is 5.99. The summed E-state index contributed by atoms with van der Waals surface area (Å²) in [5, 5.41) is 13.0. The Hall–Kier alpha value is -3.20. The summed E-state index contributed by atoms with van der Waals surface area (Å²) in [4.78, 5) is 39.8. The van der Waals surface area contributed by atoms with E-state index in [-0.39, 0.29) is 42.1 Å². The van der Waals surface area contributed by atoms with Gasteiger partial charge in [0.25, 0.3) is 11.8 Å². The van der Waals surface area contributed by atoms with Crippen LogP contribution in [0.4, 0.5) is 4.39 Å². The number of nitrogens with zero attached hydrogens (tertiary/aromatic N) is 2. The Balaban J connectivity index is 1.45. The van der Waals surface area contributed by atoms with E-state index in [9.17, 15) is 23.9 Å². The van der Waals surface area contributed by atoms with Gasteiger partial charge in [-0.15, -0.1) is 0 Å². The second kappa shape index (κ2) is 6.94. The molecule has 1 aromatic heterocycles. The maximum atomic E-state index is 13.8. The molecule has 9 heteroatoms. The first kappa shape index (κ1) is 18.8. The molecule has 2 amide bonds. The Morgan fingerprint density at radius 1 is 1.27 bits per heavy atom. The molecule has 3 heterocycles. The van der Waals surface area contributed by atoms with Crippen molar-refractivity contribution < 1.29 is 23.8 Å². The van der Waals surface area contributed by atoms with Crippen LogP contribution in [0.3, 0.4) is 0 Å². The van der Waals surface area contributed by atoms with Crippen LogP contribution in [0.25, 0.3) is 0 Å². The number of benzene rings is 1. The zero-order valence-electron chi connectivity index (χ0n) is 16.0. The van der Waals surface area contributed by atoms with Crippen LogP contribution in [0.15, 0.2) is 35.3 Å². The Morgan fingerprint density at radius 3 is 2.87 bits per heavy atom. The average molecular weight is 413 g/mol. The summed E-state index contributed by atoms with van der Waals surface area (Å²) < 4.78 is 21.2. The Morgan fingerprint density at radius 2 is 2.07 bits per heavy atom. The van der Waals surface area contributed by atoms with Crippen LogP contribution in [0, 0.1) is 5.82 Å². The van der Waals surface area contributed by atoms with Gasteiger partial charge < -0.3 is 24.6 Å². The van der Waals surface area contributed by atoms with Crippen molar-refractivity contribution in [1.29, 1.82) is 0 Å². The van der Waals surface area contributed by atoms with Crippen molar-refractivity contribution in [2.45, 2.75) is 50.7 Å². The van der Waals surface area contributed by atoms with Crippen molar-refractivity contribution in [2.24, 2.45) is 0 Å². The van der Waals surface area contributed by atoms with Crippen LogP contribution in [0.2, 0.25) is 0 Å². The first-order valence-electron chi connectivity index (χ1n) is 9.90. The molecule has 1 unspecified atom stereocenters. The largest absolute Gasteiger partial charge is 0.503 e. The maximum absolute atomic E-state index is 13.8. The topological polar surface area (TPSA) is 101 Å². The third-order valence-electron chi connectivity index (χ3n) is 6.10. The van der Waals surface area contributed by atoms with Gasteiger partial charge in [-0.3, -0.25) is 14.4 Å². The van der Waals surface area contributed by atoms with Crippen LogP contribution in [0.5, 0.6) is 5.75 Å². The van der Waals surface area contributed by atoms with Gasteiger partial charge in [0.2, 0.25) is 5.43 Å². The smallest absolute Gasteiger partial charge is 0.276 e. The number of aromatic nitrogens is 1. The van der Waals surface area contributed by atoms with Crippen LogP contribution in [0.1, 0.15) is 45.7 Å². The lowest BCUT2D eigenvalue weighted by Crippen LogP contribution is -2.57. The third-order valence-corrected chi connectivity index (χ3v) is 6.10. The molecule has 2 N–H and O–H groups in total. The fourth-order valence-corrected chi connectivity index (χ4v) is 4.63. The SMILES string of the molecule is O=C(NCc1ccccc1F)c1cn2c(c(O)c1=O)C(=O)N1C3CC[C@@H](C3)O[C@H]1C2. The van der Waals surface area contributed by atoms with E-state index in [1.54, 1.807) is 11.0 Å². The van der Waals surface area contributed by atoms with Gasteiger partial charge in [0.1, 0.15) is 11.4 Å². The van der Waals surface area contributed by atoms with Crippen molar-refractivity contribution in [1.82, 2.24) is 14.8 Å². The minimum Gasteiger partial charge on any atom is -0.503 e. The lowest BCUT2D eigenvalue weighted by molar-refractivity contribution is -0.132. The molecule has 2 bridgehead atoms. The zero-order chi connectivity index (χ0) is 21.0. The number of pyridine rings is 1. The fraction of sp³-hybridized carbons (Fsp3) is 0.381. The molecule has 8 nitrogen and oxygen atoms in total. The monoisotopic (exact) mass is 413 g/mol. The van der Waals surface area contributed by atoms with Crippen LogP contribution < -0.4 is 10.7 Å². The summed E-state index contributed by atoms with van der Waals surface area (Å²) in [6.45, 7) is 0.102. The van der Waals surface area contributed by atoms with Crippen LogP contribution in [-0.4, -0.2) is 44.8 Å². The predicted molar refractivity (Wildman–Crippen MR) is 102 cm³/mol. The summed E-state index contributed by atoms with van der Waals surface area (Å²) in [5.41, 5.74) is -1.10. The molecular formula is C21H20FN3O5. The fourth-order valence-electron chi connectivity index (χ4n) is 4.63. The first-order valence-corrected chi connectivity index (χ1v) is 9.90. The Bertz CT molecular complexity index is 1110. The van der Waals surface area contributed by atoms with Crippen molar-refractivity contribution in [3.8, 4) is 5.75 Å². The average Bonchev–Trinajstić information content (AvgIpc) is 3.10. The van der Waals surface area contributed by atoms with Gasteiger partial charge in [0.05, 0.1) is 12.6 Å². The Labute approximate surface area is 170 Å². The quantitative estimate of drug-likeness (QED) is 0.791. The highest BCUT2D eigenvalue weighted by Crippen LogP contribution is 2.38. The first-order chi connectivity index (χ1) is 14.4. The van der Waals surface area contributed by atoms with E-state index >= 15 is 0 Å².